The Morgan fingerprint density at radius 3 is 2.64 bits per heavy atom. The van der Waals surface area contributed by atoms with Crippen LogP contribution < -0.4 is 4.74 Å². The average molecular weight is 295 g/mol. The van der Waals surface area contributed by atoms with Crippen LogP contribution in [0.5, 0.6) is 5.75 Å². The van der Waals surface area contributed by atoms with Crippen LogP contribution in [-0.2, 0) is 0 Å². The fraction of sp³-hybridized carbons (Fsp3) is 0.278. The number of hydrogen-bond acceptors (Lipinski definition) is 3. The minimum Gasteiger partial charge on any atom is -0.470 e. The first-order chi connectivity index (χ1) is 10.8. The van der Waals surface area contributed by atoms with Crippen LogP contribution in [0.25, 0.3) is 0 Å². The molecule has 0 unspecified atom stereocenters. The molecular weight excluding hydrogens is 278 g/mol. The van der Waals surface area contributed by atoms with E-state index in [1.807, 2.05) is 54.6 Å². The van der Waals surface area contributed by atoms with Gasteiger partial charge in [0, 0.05) is 23.6 Å². The summed E-state index contributed by atoms with van der Waals surface area (Å²) in [6, 6.07) is 16.7. The SMILES string of the molecule is O=C(c1ccccc1)N1CC[C@@H]2[C@@H](O)c3ccccc3O[C@@H]21. The van der Waals surface area contributed by atoms with Gasteiger partial charge in [0.25, 0.3) is 5.91 Å². The monoisotopic (exact) mass is 295 g/mol. The molecule has 1 saturated heterocycles. The van der Waals surface area contributed by atoms with Crippen LogP contribution in [0, 0.1) is 5.92 Å². The Labute approximate surface area is 128 Å². The van der Waals surface area contributed by atoms with E-state index < -0.39 is 12.3 Å². The molecule has 3 atom stereocenters. The minimum atomic E-state index is -0.580. The molecule has 0 radical (unpaired) electrons. The number of fused-ring (bicyclic) bond motifs is 2. The van der Waals surface area contributed by atoms with Crippen LogP contribution in [0.2, 0.25) is 0 Å². The molecule has 4 heteroatoms. The fourth-order valence-electron chi connectivity index (χ4n) is 3.41. The van der Waals surface area contributed by atoms with Gasteiger partial charge in [-0.15, -0.1) is 0 Å². The lowest BCUT2D eigenvalue weighted by Crippen LogP contribution is -2.45. The highest BCUT2D eigenvalue weighted by atomic mass is 16.5. The van der Waals surface area contributed by atoms with Crippen molar-refractivity contribution < 1.29 is 14.6 Å². The van der Waals surface area contributed by atoms with Crippen molar-refractivity contribution in [1.82, 2.24) is 4.90 Å². The predicted molar refractivity (Wildman–Crippen MR) is 81.4 cm³/mol. The number of ether oxygens (including phenoxy) is 1. The van der Waals surface area contributed by atoms with E-state index in [-0.39, 0.29) is 11.8 Å². The molecule has 0 bridgehead atoms. The second kappa shape index (κ2) is 5.14. The number of amides is 1. The molecule has 0 saturated carbocycles. The Hall–Kier alpha value is -2.33. The van der Waals surface area contributed by atoms with Gasteiger partial charge >= 0.3 is 0 Å². The maximum atomic E-state index is 12.7. The first kappa shape index (κ1) is 13.3. The number of hydrogen-bond donors (Lipinski definition) is 1. The van der Waals surface area contributed by atoms with Gasteiger partial charge in [-0.3, -0.25) is 4.79 Å². The zero-order valence-corrected chi connectivity index (χ0v) is 12.1. The van der Waals surface area contributed by atoms with Gasteiger partial charge in [0.05, 0.1) is 6.10 Å². The third-order valence-electron chi connectivity index (χ3n) is 4.55. The smallest absolute Gasteiger partial charge is 0.256 e. The molecule has 2 aliphatic heterocycles. The summed E-state index contributed by atoms with van der Waals surface area (Å²) in [7, 11) is 0. The predicted octanol–water partition coefficient (Wildman–Crippen LogP) is 2.60. The first-order valence-corrected chi connectivity index (χ1v) is 7.55. The van der Waals surface area contributed by atoms with Gasteiger partial charge in [0.15, 0.2) is 6.23 Å². The van der Waals surface area contributed by atoms with Crippen LogP contribution in [-0.4, -0.2) is 28.7 Å². The molecule has 112 valence electrons. The van der Waals surface area contributed by atoms with Gasteiger partial charge < -0.3 is 14.7 Å². The fourth-order valence-corrected chi connectivity index (χ4v) is 3.41. The molecule has 1 N–H and O–H groups in total. The van der Waals surface area contributed by atoms with Crippen molar-refractivity contribution in [2.75, 3.05) is 6.54 Å². The lowest BCUT2D eigenvalue weighted by atomic mass is 9.91. The lowest BCUT2D eigenvalue weighted by molar-refractivity contribution is -0.0324. The van der Waals surface area contributed by atoms with Crippen LogP contribution >= 0.6 is 0 Å². The van der Waals surface area contributed by atoms with Crippen LogP contribution in [0.1, 0.15) is 28.4 Å². The lowest BCUT2D eigenvalue weighted by Gasteiger charge is -2.36. The van der Waals surface area contributed by atoms with Gasteiger partial charge in [-0.25, -0.2) is 0 Å². The highest BCUT2D eigenvalue weighted by Crippen LogP contribution is 2.44. The van der Waals surface area contributed by atoms with Crippen molar-refractivity contribution in [2.24, 2.45) is 5.92 Å². The van der Waals surface area contributed by atoms with Crippen molar-refractivity contribution in [2.45, 2.75) is 18.8 Å². The van der Waals surface area contributed by atoms with E-state index in [1.54, 1.807) is 4.90 Å². The van der Waals surface area contributed by atoms with Crippen molar-refractivity contribution in [3.8, 4) is 5.75 Å². The standard InChI is InChI=1S/C18H17NO3/c20-16-13-8-4-5-9-15(13)22-18-14(16)10-11-19(18)17(21)12-6-2-1-3-7-12/h1-9,14,16,18,20H,10-11H2/t14-,16+,18+/m1/s1. The zero-order valence-electron chi connectivity index (χ0n) is 12.1. The topological polar surface area (TPSA) is 49.8 Å². The number of rotatable bonds is 1. The molecule has 0 aromatic heterocycles. The summed E-state index contributed by atoms with van der Waals surface area (Å²) in [6.07, 6.45) is -0.222. The molecule has 2 aliphatic rings. The molecule has 22 heavy (non-hydrogen) atoms. The van der Waals surface area contributed by atoms with E-state index in [4.69, 9.17) is 4.74 Å². The summed E-state index contributed by atoms with van der Waals surface area (Å²) in [5, 5.41) is 10.6. The maximum Gasteiger partial charge on any atom is 0.256 e. The molecule has 2 heterocycles. The summed E-state index contributed by atoms with van der Waals surface area (Å²) in [5.74, 6) is 0.561. The van der Waals surface area contributed by atoms with Crippen molar-refractivity contribution in [1.29, 1.82) is 0 Å². The summed E-state index contributed by atoms with van der Waals surface area (Å²) in [6.45, 7) is 0.605. The molecule has 1 amide bonds. The van der Waals surface area contributed by atoms with Crippen molar-refractivity contribution >= 4 is 5.91 Å². The maximum absolute atomic E-state index is 12.7. The molecule has 4 rings (SSSR count). The quantitative estimate of drug-likeness (QED) is 0.880. The van der Waals surface area contributed by atoms with Gasteiger partial charge in [0.2, 0.25) is 0 Å². The largest absolute Gasteiger partial charge is 0.470 e. The Morgan fingerprint density at radius 1 is 1.09 bits per heavy atom. The normalized spacial score (nSPS) is 26.0. The number of aliphatic hydroxyl groups excluding tert-OH is 1. The van der Waals surface area contributed by atoms with E-state index >= 15 is 0 Å². The summed E-state index contributed by atoms with van der Waals surface area (Å²) >= 11 is 0. The zero-order chi connectivity index (χ0) is 15.1. The third-order valence-corrected chi connectivity index (χ3v) is 4.55. The minimum absolute atomic E-state index is 0.0420. The van der Waals surface area contributed by atoms with E-state index in [9.17, 15) is 9.90 Å². The van der Waals surface area contributed by atoms with Gasteiger partial charge in [-0.1, -0.05) is 36.4 Å². The number of carbonyl (C=O) groups excluding carboxylic acids is 1. The van der Waals surface area contributed by atoms with E-state index in [2.05, 4.69) is 0 Å². The number of benzene rings is 2. The summed E-state index contributed by atoms with van der Waals surface area (Å²) in [5.41, 5.74) is 1.47. The van der Waals surface area contributed by atoms with Gasteiger partial charge in [0.1, 0.15) is 5.75 Å². The average Bonchev–Trinajstić information content (AvgIpc) is 2.99. The molecule has 0 spiro atoms. The van der Waals surface area contributed by atoms with Crippen LogP contribution in [0.3, 0.4) is 0 Å². The Balaban J connectivity index is 1.65. The number of aliphatic hydroxyl groups is 1. The van der Waals surface area contributed by atoms with E-state index in [0.717, 1.165) is 12.0 Å². The molecule has 4 nitrogen and oxygen atoms in total. The Kier molecular flexibility index (Phi) is 3.12. The second-order valence-corrected chi connectivity index (χ2v) is 5.81. The van der Waals surface area contributed by atoms with Crippen molar-refractivity contribution in [3.05, 3.63) is 65.7 Å². The number of likely N-dealkylation sites (tertiary alicyclic amines) is 1. The first-order valence-electron chi connectivity index (χ1n) is 7.55. The van der Waals surface area contributed by atoms with Crippen LogP contribution in [0.4, 0.5) is 0 Å². The second-order valence-electron chi connectivity index (χ2n) is 5.81. The van der Waals surface area contributed by atoms with Crippen molar-refractivity contribution in [3.63, 3.8) is 0 Å². The summed E-state index contributed by atoms with van der Waals surface area (Å²) < 4.78 is 6.03. The van der Waals surface area contributed by atoms with Gasteiger partial charge in [-0.05, 0) is 24.6 Å². The highest BCUT2D eigenvalue weighted by Gasteiger charge is 2.46. The number of carbonyl (C=O) groups is 1. The van der Waals surface area contributed by atoms with Crippen LogP contribution in [0.15, 0.2) is 54.6 Å². The van der Waals surface area contributed by atoms with Gasteiger partial charge in [-0.2, -0.15) is 0 Å². The molecule has 1 fully saturated rings. The molecule has 0 aliphatic carbocycles. The Bertz CT molecular complexity index is 700. The van der Waals surface area contributed by atoms with E-state index in [0.29, 0.717) is 17.9 Å². The molecule has 2 aromatic rings. The third kappa shape index (κ3) is 1.99. The Morgan fingerprint density at radius 2 is 1.82 bits per heavy atom. The molecular formula is C18H17NO3. The highest BCUT2D eigenvalue weighted by molar-refractivity contribution is 5.94. The molecule has 2 aromatic carbocycles. The van der Waals surface area contributed by atoms with E-state index in [1.165, 1.54) is 0 Å². The number of nitrogens with zero attached hydrogens (tertiary/aromatic N) is 1. The summed E-state index contributed by atoms with van der Waals surface area (Å²) in [4.78, 5) is 14.4. The number of para-hydroxylation sites is 1.